The van der Waals surface area contributed by atoms with E-state index < -0.39 is 19.7 Å². The molecule has 39 heavy (non-hydrogen) atoms. The molecular weight excluding hydrogens is 500 g/mol. The molecule has 0 amide bonds. The molecule has 1 N–H and O–H groups in total. The predicted octanol–water partition coefficient (Wildman–Crippen LogP) is 8.81. The van der Waals surface area contributed by atoms with Gasteiger partial charge in [0.2, 0.25) is 0 Å². The van der Waals surface area contributed by atoms with Gasteiger partial charge >= 0.3 is 5.97 Å². The van der Waals surface area contributed by atoms with Crippen molar-refractivity contribution in [2.24, 2.45) is 28.6 Å². The van der Waals surface area contributed by atoms with Crippen LogP contribution in [0.5, 0.6) is 0 Å². The van der Waals surface area contributed by atoms with E-state index in [1.807, 2.05) is 6.08 Å². The summed E-state index contributed by atoms with van der Waals surface area (Å²) in [7, 11) is -1.80. The van der Waals surface area contributed by atoms with Gasteiger partial charge in [0.25, 0.3) is 0 Å². The van der Waals surface area contributed by atoms with E-state index in [0.29, 0.717) is 30.8 Å². The number of carbonyl (C=O) groups excluding carboxylic acids is 1. The molecule has 4 aliphatic rings. The number of rotatable bonds is 8. The van der Waals surface area contributed by atoms with Crippen LogP contribution in [0.3, 0.4) is 0 Å². The molecule has 4 fully saturated rings. The maximum atomic E-state index is 12.6. The molecule has 5 heteroatoms. The SMILES string of the molecule is C=C1CCC(O[Si](C)(C)C(C)(C)C)C/C1=C/C=C1\CCC[C@@]2(C)C1CCC2[C@H](C)/C=C/C(=O)C1(C(=O)O)CC1. The number of hydrogen-bond donors (Lipinski definition) is 1. The second-order valence-electron chi connectivity index (χ2n) is 14.8. The molecule has 0 spiro atoms. The molecule has 0 aromatic heterocycles. The number of carbonyl (C=O) groups is 2. The summed E-state index contributed by atoms with van der Waals surface area (Å²) in [5, 5.41) is 9.67. The smallest absolute Gasteiger partial charge is 0.317 e. The highest BCUT2D eigenvalue weighted by Gasteiger charge is 2.56. The zero-order valence-corrected chi connectivity index (χ0v) is 26.6. The molecule has 0 saturated heterocycles. The third-order valence-electron chi connectivity index (χ3n) is 11.3. The van der Waals surface area contributed by atoms with E-state index in [1.54, 1.807) is 11.6 Å². The number of allylic oxidation sites excluding steroid dienone is 6. The van der Waals surface area contributed by atoms with Crippen LogP contribution in [-0.2, 0) is 14.0 Å². The fourth-order valence-corrected chi connectivity index (χ4v) is 8.83. The molecule has 4 saturated carbocycles. The van der Waals surface area contributed by atoms with Crippen LogP contribution in [0.4, 0.5) is 0 Å². The van der Waals surface area contributed by atoms with Gasteiger partial charge in [0.1, 0.15) is 5.41 Å². The van der Waals surface area contributed by atoms with E-state index in [4.69, 9.17) is 4.43 Å². The molecule has 4 nitrogen and oxygen atoms in total. The number of aliphatic carboxylic acids is 1. The minimum atomic E-state index is -1.80. The first-order chi connectivity index (χ1) is 18.1. The molecule has 0 aromatic carbocycles. The first kappa shape index (κ1) is 30.2. The number of ketones is 1. The lowest BCUT2D eigenvalue weighted by molar-refractivity contribution is -0.146. The summed E-state index contributed by atoms with van der Waals surface area (Å²) in [5.41, 5.74) is 3.29. The Bertz CT molecular complexity index is 1080. The van der Waals surface area contributed by atoms with Crippen LogP contribution in [0.25, 0.3) is 0 Å². The van der Waals surface area contributed by atoms with Gasteiger partial charge in [-0.3, -0.25) is 9.59 Å². The fourth-order valence-electron chi connectivity index (χ4n) is 7.44. The average Bonchev–Trinajstić information content (AvgIpc) is 3.58. The zero-order chi connectivity index (χ0) is 28.8. The van der Waals surface area contributed by atoms with Crippen molar-refractivity contribution in [1.29, 1.82) is 0 Å². The molecule has 5 atom stereocenters. The van der Waals surface area contributed by atoms with Gasteiger partial charge in [-0.2, -0.15) is 0 Å². The molecule has 0 bridgehead atoms. The fraction of sp³-hybridized carbons (Fsp3) is 0.706. The number of carboxylic acid groups (broad SMARTS) is 1. The van der Waals surface area contributed by atoms with Crippen LogP contribution < -0.4 is 0 Å². The average molecular weight is 553 g/mol. The highest BCUT2D eigenvalue weighted by Crippen LogP contribution is 2.59. The predicted molar refractivity (Wildman–Crippen MR) is 162 cm³/mol. The van der Waals surface area contributed by atoms with E-state index in [2.05, 4.69) is 66.4 Å². The summed E-state index contributed by atoms with van der Waals surface area (Å²) in [6.45, 7) is 20.7. The van der Waals surface area contributed by atoms with Gasteiger partial charge in [-0.25, -0.2) is 0 Å². The highest BCUT2D eigenvalue weighted by atomic mass is 28.4. The Balaban J connectivity index is 1.45. The third kappa shape index (κ3) is 6.00. The molecular formula is C34H52O4Si. The second-order valence-corrected chi connectivity index (χ2v) is 19.6. The Kier molecular flexibility index (Phi) is 8.47. The van der Waals surface area contributed by atoms with E-state index in [9.17, 15) is 14.7 Å². The Hall–Kier alpha value is -1.72. The topological polar surface area (TPSA) is 63.6 Å². The summed E-state index contributed by atoms with van der Waals surface area (Å²) in [5.74, 6) is 0.158. The highest BCUT2D eigenvalue weighted by molar-refractivity contribution is 6.74. The Labute approximate surface area is 238 Å². The lowest BCUT2D eigenvalue weighted by atomic mass is 9.61. The molecule has 0 aliphatic heterocycles. The lowest BCUT2D eigenvalue weighted by Crippen LogP contribution is -2.44. The van der Waals surface area contributed by atoms with E-state index >= 15 is 0 Å². The second kappa shape index (κ2) is 10.9. The first-order valence-corrected chi connectivity index (χ1v) is 18.2. The molecule has 0 aromatic rings. The van der Waals surface area contributed by atoms with Gasteiger partial charge in [0.05, 0.1) is 0 Å². The van der Waals surface area contributed by atoms with Gasteiger partial charge in [0, 0.05) is 6.10 Å². The van der Waals surface area contributed by atoms with Crippen molar-refractivity contribution < 1.29 is 19.1 Å². The summed E-state index contributed by atoms with van der Waals surface area (Å²) in [4.78, 5) is 24.2. The van der Waals surface area contributed by atoms with Crippen LogP contribution in [-0.4, -0.2) is 31.3 Å². The van der Waals surface area contributed by atoms with E-state index in [1.165, 1.54) is 30.4 Å². The Morgan fingerprint density at radius 1 is 1.10 bits per heavy atom. The van der Waals surface area contributed by atoms with Gasteiger partial charge in [-0.1, -0.05) is 70.6 Å². The quantitative estimate of drug-likeness (QED) is 0.186. The van der Waals surface area contributed by atoms with Gasteiger partial charge < -0.3 is 9.53 Å². The normalized spacial score (nSPS) is 33.9. The summed E-state index contributed by atoms with van der Waals surface area (Å²) < 4.78 is 6.79. The summed E-state index contributed by atoms with van der Waals surface area (Å²) >= 11 is 0. The zero-order valence-electron chi connectivity index (χ0n) is 25.6. The maximum Gasteiger partial charge on any atom is 0.317 e. The summed E-state index contributed by atoms with van der Waals surface area (Å²) in [6, 6.07) is 0. The van der Waals surface area contributed by atoms with Gasteiger partial charge in [-0.15, -0.1) is 0 Å². The lowest BCUT2D eigenvalue weighted by Gasteiger charge is -2.44. The Morgan fingerprint density at radius 3 is 2.41 bits per heavy atom. The number of hydrogen-bond acceptors (Lipinski definition) is 3. The molecule has 0 radical (unpaired) electrons. The van der Waals surface area contributed by atoms with Crippen LogP contribution in [0.2, 0.25) is 18.1 Å². The third-order valence-corrected chi connectivity index (χ3v) is 15.8. The molecule has 3 unspecified atom stereocenters. The molecule has 4 rings (SSSR count). The van der Waals surface area contributed by atoms with Gasteiger partial charge in [0.15, 0.2) is 14.1 Å². The van der Waals surface area contributed by atoms with Crippen molar-refractivity contribution in [1.82, 2.24) is 0 Å². The number of fused-ring (bicyclic) bond motifs is 1. The van der Waals surface area contributed by atoms with Crippen LogP contribution >= 0.6 is 0 Å². The van der Waals surface area contributed by atoms with Crippen molar-refractivity contribution in [3.63, 3.8) is 0 Å². The van der Waals surface area contributed by atoms with Crippen molar-refractivity contribution in [3.8, 4) is 0 Å². The standard InChI is InChI=1S/C34H52O4Si/c1-23-11-15-27(38-39(7,8)32(3,4)5)22-26(23)14-13-25-10-9-19-33(6)28(16-17-29(25)33)24(2)12-18-30(35)34(20-21-34)31(36)37/h12-14,18,24,27-29H,1,9-11,15-17,19-22H2,2-8H3,(H,36,37)/b18-12+,25-13+,26-14-/t24-,27?,28?,29?,33-/m1/s1. The maximum absolute atomic E-state index is 12.6. The molecule has 4 aliphatic carbocycles. The van der Waals surface area contributed by atoms with E-state index in [0.717, 1.165) is 32.1 Å². The number of carboxylic acids is 1. The molecule has 0 heterocycles. The minimum Gasteiger partial charge on any atom is -0.480 e. The minimum absolute atomic E-state index is 0.216. The van der Waals surface area contributed by atoms with Gasteiger partial charge in [-0.05, 0) is 117 Å². The first-order valence-electron chi connectivity index (χ1n) is 15.3. The van der Waals surface area contributed by atoms with Crippen molar-refractivity contribution in [2.45, 2.75) is 123 Å². The van der Waals surface area contributed by atoms with E-state index in [-0.39, 0.29) is 22.2 Å². The Morgan fingerprint density at radius 2 is 1.79 bits per heavy atom. The van der Waals surface area contributed by atoms with Crippen LogP contribution in [0, 0.1) is 28.6 Å². The van der Waals surface area contributed by atoms with Crippen LogP contribution in [0.1, 0.15) is 98.8 Å². The largest absolute Gasteiger partial charge is 0.480 e. The van der Waals surface area contributed by atoms with Crippen molar-refractivity contribution in [3.05, 3.63) is 47.6 Å². The van der Waals surface area contributed by atoms with Crippen molar-refractivity contribution in [2.75, 3.05) is 0 Å². The van der Waals surface area contributed by atoms with Crippen LogP contribution in [0.15, 0.2) is 47.6 Å². The molecule has 216 valence electrons. The summed E-state index contributed by atoms with van der Waals surface area (Å²) in [6.07, 6.45) is 18.6. The monoisotopic (exact) mass is 552 g/mol. The van der Waals surface area contributed by atoms with Crippen molar-refractivity contribution >= 4 is 20.1 Å².